The van der Waals surface area contributed by atoms with Crippen LogP contribution in [0.25, 0.3) is 0 Å². The SMILES string of the molecule is Cc1nc(Sc2cnccc2C(=N)N)n[nH]1. The number of aromatic nitrogens is 4. The first kappa shape index (κ1) is 10.6. The predicted molar refractivity (Wildman–Crippen MR) is 60.5 cm³/mol. The maximum absolute atomic E-state index is 7.44. The smallest absolute Gasteiger partial charge is 0.213 e. The van der Waals surface area contributed by atoms with E-state index in [1.54, 1.807) is 18.5 Å². The molecule has 7 heteroatoms. The lowest BCUT2D eigenvalue weighted by Crippen LogP contribution is -2.12. The number of hydrogen-bond donors (Lipinski definition) is 3. The minimum absolute atomic E-state index is 0.0113. The van der Waals surface area contributed by atoms with Gasteiger partial charge in [-0.05, 0) is 24.8 Å². The monoisotopic (exact) mass is 234 g/mol. The number of hydrogen-bond acceptors (Lipinski definition) is 5. The Morgan fingerprint density at radius 2 is 2.38 bits per heavy atom. The van der Waals surface area contributed by atoms with Crippen molar-refractivity contribution < 1.29 is 0 Å². The average Bonchev–Trinajstić information content (AvgIpc) is 2.64. The van der Waals surface area contributed by atoms with Gasteiger partial charge < -0.3 is 5.73 Å². The van der Waals surface area contributed by atoms with Crippen LogP contribution in [0.15, 0.2) is 28.5 Å². The van der Waals surface area contributed by atoms with E-state index in [-0.39, 0.29) is 5.84 Å². The molecule has 0 aliphatic rings. The van der Waals surface area contributed by atoms with E-state index >= 15 is 0 Å². The predicted octanol–water partition coefficient (Wildman–Crippen LogP) is 0.943. The van der Waals surface area contributed by atoms with Crippen molar-refractivity contribution in [2.24, 2.45) is 5.73 Å². The minimum Gasteiger partial charge on any atom is -0.384 e. The van der Waals surface area contributed by atoms with E-state index in [2.05, 4.69) is 20.2 Å². The Labute approximate surface area is 96.2 Å². The summed E-state index contributed by atoms with van der Waals surface area (Å²) in [6, 6.07) is 1.70. The molecule has 0 radical (unpaired) electrons. The first-order valence-electron chi connectivity index (χ1n) is 4.52. The van der Waals surface area contributed by atoms with Gasteiger partial charge in [0.1, 0.15) is 11.7 Å². The van der Waals surface area contributed by atoms with Gasteiger partial charge in [-0.3, -0.25) is 15.5 Å². The molecular weight excluding hydrogens is 224 g/mol. The number of nitrogen functional groups attached to an aromatic ring is 1. The van der Waals surface area contributed by atoms with Crippen molar-refractivity contribution in [1.29, 1.82) is 5.41 Å². The van der Waals surface area contributed by atoms with Crippen molar-refractivity contribution >= 4 is 17.6 Å². The lowest BCUT2D eigenvalue weighted by Gasteiger charge is -2.03. The van der Waals surface area contributed by atoms with Crippen LogP contribution in [0.4, 0.5) is 0 Å². The Balaban J connectivity index is 2.31. The van der Waals surface area contributed by atoms with Crippen LogP contribution in [0, 0.1) is 12.3 Å². The van der Waals surface area contributed by atoms with Gasteiger partial charge in [0.25, 0.3) is 0 Å². The second kappa shape index (κ2) is 4.31. The molecule has 0 aromatic carbocycles. The summed E-state index contributed by atoms with van der Waals surface area (Å²) in [5.41, 5.74) is 6.11. The largest absolute Gasteiger partial charge is 0.384 e. The van der Waals surface area contributed by atoms with E-state index in [9.17, 15) is 0 Å². The molecule has 4 N–H and O–H groups in total. The first-order valence-corrected chi connectivity index (χ1v) is 5.33. The van der Waals surface area contributed by atoms with E-state index in [0.717, 1.165) is 10.7 Å². The molecule has 82 valence electrons. The number of nitrogens with zero attached hydrogens (tertiary/aromatic N) is 3. The molecule has 0 bridgehead atoms. The third kappa shape index (κ3) is 2.19. The lowest BCUT2D eigenvalue weighted by atomic mass is 10.2. The molecule has 0 saturated carbocycles. The van der Waals surface area contributed by atoms with Crippen molar-refractivity contribution in [3.63, 3.8) is 0 Å². The van der Waals surface area contributed by atoms with E-state index in [1.165, 1.54) is 11.8 Å². The fraction of sp³-hybridized carbons (Fsp3) is 0.111. The van der Waals surface area contributed by atoms with Crippen LogP contribution >= 0.6 is 11.8 Å². The Morgan fingerprint density at radius 3 is 3.00 bits per heavy atom. The molecule has 2 rings (SSSR count). The summed E-state index contributed by atoms with van der Waals surface area (Å²) in [6.45, 7) is 1.83. The van der Waals surface area contributed by atoms with Crippen LogP contribution in [0.1, 0.15) is 11.4 Å². The standard InChI is InChI=1S/C9H10N6S/c1-5-13-9(15-14-5)16-7-4-12-3-2-6(7)8(10)11/h2-4H,1H3,(H3,10,11)(H,13,14,15). The summed E-state index contributed by atoms with van der Waals surface area (Å²) < 4.78 is 0. The minimum atomic E-state index is 0.0113. The molecule has 0 spiro atoms. The molecule has 0 fully saturated rings. The summed E-state index contributed by atoms with van der Waals surface area (Å²) in [6.07, 6.45) is 3.25. The molecule has 2 heterocycles. The summed E-state index contributed by atoms with van der Waals surface area (Å²) in [5.74, 6) is 0.757. The molecule has 0 unspecified atom stereocenters. The molecular formula is C9H10N6S. The highest BCUT2D eigenvalue weighted by Gasteiger charge is 2.09. The van der Waals surface area contributed by atoms with Gasteiger partial charge in [0.15, 0.2) is 0 Å². The van der Waals surface area contributed by atoms with Gasteiger partial charge in [0.05, 0.1) is 0 Å². The quantitative estimate of drug-likeness (QED) is 0.541. The average molecular weight is 234 g/mol. The zero-order chi connectivity index (χ0) is 11.5. The molecule has 6 nitrogen and oxygen atoms in total. The highest BCUT2D eigenvalue weighted by atomic mass is 32.2. The molecule has 2 aromatic rings. The Kier molecular flexibility index (Phi) is 2.86. The van der Waals surface area contributed by atoms with E-state index in [0.29, 0.717) is 10.7 Å². The van der Waals surface area contributed by atoms with Gasteiger partial charge >= 0.3 is 0 Å². The summed E-state index contributed by atoms with van der Waals surface area (Å²) in [5, 5.41) is 14.8. The van der Waals surface area contributed by atoms with Crippen LogP contribution in [-0.2, 0) is 0 Å². The number of nitrogens with one attached hydrogen (secondary N) is 2. The second-order valence-corrected chi connectivity index (χ2v) is 4.10. The maximum Gasteiger partial charge on any atom is 0.213 e. The number of aromatic amines is 1. The molecule has 0 aliphatic carbocycles. The number of nitrogens with two attached hydrogens (primary N) is 1. The second-order valence-electron chi connectivity index (χ2n) is 3.09. The molecule has 16 heavy (non-hydrogen) atoms. The third-order valence-corrected chi connectivity index (χ3v) is 2.76. The van der Waals surface area contributed by atoms with E-state index < -0.39 is 0 Å². The highest BCUT2D eigenvalue weighted by Crippen LogP contribution is 2.26. The molecule has 0 saturated heterocycles. The Hall–Kier alpha value is -1.89. The summed E-state index contributed by atoms with van der Waals surface area (Å²) in [4.78, 5) is 8.93. The van der Waals surface area contributed by atoms with Crippen molar-refractivity contribution in [3.05, 3.63) is 29.8 Å². The van der Waals surface area contributed by atoms with Crippen molar-refractivity contribution in [1.82, 2.24) is 20.2 Å². The van der Waals surface area contributed by atoms with Crippen LogP contribution in [0.5, 0.6) is 0 Å². The topological polar surface area (TPSA) is 104 Å². The number of aryl methyl sites for hydroxylation is 1. The van der Waals surface area contributed by atoms with Gasteiger partial charge in [-0.15, -0.1) is 5.10 Å². The fourth-order valence-corrected chi connectivity index (χ4v) is 2.02. The highest BCUT2D eigenvalue weighted by molar-refractivity contribution is 7.99. The number of rotatable bonds is 3. The molecule has 0 amide bonds. The van der Waals surface area contributed by atoms with Crippen LogP contribution in [0.3, 0.4) is 0 Å². The summed E-state index contributed by atoms with van der Waals surface area (Å²) >= 11 is 1.33. The van der Waals surface area contributed by atoms with Gasteiger partial charge in [-0.25, -0.2) is 4.98 Å². The molecule has 2 aromatic heterocycles. The normalized spacial score (nSPS) is 10.3. The number of H-pyrrole nitrogens is 1. The first-order chi connectivity index (χ1) is 7.66. The lowest BCUT2D eigenvalue weighted by molar-refractivity contribution is 0.968. The van der Waals surface area contributed by atoms with E-state index in [1.807, 2.05) is 6.92 Å². The Morgan fingerprint density at radius 1 is 1.56 bits per heavy atom. The van der Waals surface area contributed by atoms with Crippen molar-refractivity contribution in [2.75, 3.05) is 0 Å². The van der Waals surface area contributed by atoms with Gasteiger partial charge in [0.2, 0.25) is 5.16 Å². The third-order valence-electron chi connectivity index (χ3n) is 1.85. The maximum atomic E-state index is 7.44. The van der Waals surface area contributed by atoms with Crippen LogP contribution in [-0.4, -0.2) is 26.0 Å². The fourth-order valence-electron chi connectivity index (χ4n) is 1.15. The molecule has 0 aliphatic heterocycles. The van der Waals surface area contributed by atoms with Crippen molar-refractivity contribution in [3.8, 4) is 0 Å². The number of pyridine rings is 1. The van der Waals surface area contributed by atoms with Crippen LogP contribution in [0.2, 0.25) is 0 Å². The van der Waals surface area contributed by atoms with E-state index in [4.69, 9.17) is 11.1 Å². The van der Waals surface area contributed by atoms with Gasteiger partial charge in [-0.1, -0.05) is 0 Å². The zero-order valence-electron chi connectivity index (χ0n) is 8.56. The van der Waals surface area contributed by atoms with Gasteiger partial charge in [0, 0.05) is 22.9 Å². The van der Waals surface area contributed by atoms with Crippen LogP contribution < -0.4 is 5.73 Å². The summed E-state index contributed by atoms with van der Waals surface area (Å²) in [7, 11) is 0. The zero-order valence-corrected chi connectivity index (χ0v) is 9.38. The molecule has 0 atom stereocenters. The number of amidine groups is 1. The van der Waals surface area contributed by atoms with Crippen molar-refractivity contribution in [2.45, 2.75) is 17.0 Å². The Bertz CT molecular complexity index is 520. The van der Waals surface area contributed by atoms with Gasteiger partial charge in [-0.2, -0.15) is 0 Å².